The number of piperidine rings is 1. The lowest BCUT2D eigenvalue weighted by Gasteiger charge is -2.31. The average molecular weight is 261 g/mol. The van der Waals surface area contributed by atoms with E-state index in [9.17, 15) is 4.79 Å². The molecule has 4 heteroatoms. The summed E-state index contributed by atoms with van der Waals surface area (Å²) in [7, 11) is 0. The highest BCUT2D eigenvalue weighted by atomic mass is 79.9. The third kappa shape index (κ3) is 3.80. The molecule has 0 bridgehead atoms. The number of halogens is 1. The zero-order valence-corrected chi connectivity index (χ0v) is 10.1. The van der Waals surface area contributed by atoms with Gasteiger partial charge in [0.25, 0.3) is 0 Å². The van der Waals surface area contributed by atoms with Crippen LogP contribution in [-0.2, 0) is 4.79 Å². The molecule has 0 aromatic carbocycles. The van der Waals surface area contributed by atoms with E-state index >= 15 is 0 Å². The van der Waals surface area contributed by atoms with Crippen molar-refractivity contribution in [1.29, 1.82) is 0 Å². The molecular formula is C10H17BrN2O. The largest absolute Gasteiger partial charge is 0.343 e. The number of carbonyl (C=O) groups excluding carboxylic acids is 1. The fraction of sp³-hybridized carbons (Fsp3) is 0.700. The molecule has 80 valence electrons. The first-order valence-corrected chi connectivity index (χ1v) is 5.71. The minimum Gasteiger partial charge on any atom is -0.343 e. The lowest BCUT2D eigenvalue weighted by molar-refractivity contribution is -0.129. The van der Waals surface area contributed by atoms with Crippen LogP contribution in [0.1, 0.15) is 19.8 Å². The molecule has 1 rings (SSSR count). The van der Waals surface area contributed by atoms with Crippen LogP contribution in [0.5, 0.6) is 0 Å². The highest BCUT2D eigenvalue weighted by Gasteiger charge is 2.19. The molecule has 1 saturated heterocycles. The molecule has 1 N–H and O–H groups in total. The molecule has 0 atom stereocenters. The van der Waals surface area contributed by atoms with Crippen LogP contribution in [0.25, 0.3) is 0 Å². The Morgan fingerprint density at radius 2 is 2.14 bits per heavy atom. The van der Waals surface area contributed by atoms with Gasteiger partial charge in [-0.3, -0.25) is 4.79 Å². The Hall–Kier alpha value is -0.350. The van der Waals surface area contributed by atoms with Crippen molar-refractivity contribution in [2.75, 3.05) is 19.6 Å². The third-order valence-corrected chi connectivity index (χ3v) is 2.80. The number of nitrogens with zero attached hydrogens (tertiary/aromatic N) is 1. The summed E-state index contributed by atoms with van der Waals surface area (Å²) in [5.74, 6) is 0.188. The second-order valence-electron chi connectivity index (χ2n) is 3.68. The molecule has 1 aliphatic heterocycles. The van der Waals surface area contributed by atoms with E-state index in [0.717, 1.165) is 37.0 Å². The van der Waals surface area contributed by atoms with E-state index in [1.807, 2.05) is 4.90 Å². The Labute approximate surface area is 93.7 Å². The quantitative estimate of drug-likeness (QED) is 0.835. The van der Waals surface area contributed by atoms with Crippen LogP contribution in [0, 0.1) is 0 Å². The maximum Gasteiger partial charge on any atom is 0.219 e. The normalized spacial score (nSPS) is 18.3. The Bertz CT molecular complexity index is 222. The van der Waals surface area contributed by atoms with Crippen molar-refractivity contribution in [1.82, 2.24) is 10.2 Å². The first-order chi connectivity index (χ1) is 6.59. The van der Waals surface area contributed by atoms with Gasteiger partial charge in [-0.25, -0.2) is 0 Å². The summed E-state index contributed by atoms with van der Waals surface area (Å²) >= 11 is 3.31. The van der Waals surface area contributed by atoms with Crippen molar-refractivity contribution >= 4 is 21.8 Å². The molecule has 0 aromatic rings. The number of hydrogen-bond acceptors (Lipinski definition) is 2. The zero-order valence-electron chi connectivity index (χ0n) is 8.55. The summed E-state index contributed by atoms with van der Waals surface area (Å²) in [5.41, 5.74) is 0. The van der Waals surface area contributed by atoms with Crippen molar-refractivity contribution in [3.8, 4) is 0 Å². The van der Waals surface area contributed by atoms with Gasteiger partial charge >= 0.3 is 0 Å². The fourth-order valence-electron chi connectivity index (χ4n) is 1.65. The van der Waals surface area contributed by atoms with Crippen LogP contribution in [0.15, 0.2) is 11.1 Å². The van der Waals surface area contributed by atoms with Crippen LogP contribution in [0.4, 0.5) is 0 Å². The van der Waals surface area contributed by atoms with Gasteiger partial charge in [-0.1, -0.05) is 22.5 Å². The van der Waals surface area contributed by atoms with Gasteiger partial charge in [-0.05, 0) is 12.8 Å². The summed E-state index contributed by atoms with van der Waals surface area (Å²) in [6.07, 6.45) is 2.08. The Morgan fingerprint density at radius 1 is 1.57 bits per heavy atom. The maximum absolute atomic E-state index is 11.1. The third-order valence-electron chi connectivity index (χ3n) is 2.52. The molecule has 1 aliphatic rings. The minimum atomic E-state index is 0.188. The molecule has 3 nitrogen and oxygen atoms in total. The van der Waals surface area contributed by atoms with Crippen LogP contribution in [0.3, 0.4) is 0 Å². The number of nitrogens with one attached hydrogen (secondary N) is 1. The predicted octanol–water partition coefficient (Wildman–Crippen LogP) is 1.50. The van der Waals surface area contributed by atoms with Crippen molar-refractivity contribution in [3.05, 3.63) is 11.1 Å². The lowest BCUT2D eigenvalue weighted by Crippen LogP contribution is -2.44. The van der Waals surface area contributed by atoms with E-state index < -0.39 is 0 Å². The molecule has 0 unspecified atom stereocenters. The van der Waals surface area contributed by atoms with Gasteiger partial charge in [0.05, 0.1) is 0 Å². The Morgan fingerprint density at radius 3 is 2.57 bits per heavy atom. The van der Waals surface area contributed by atoms with Crippen molar-refractivity contribution in [2.24, 2.45) is 0 Å². The summed E-state index contributed by atoms with van der Waals surface area (Å²) in [6, 6.07) is 0.528. The van der Waals surface area contributed by atoms with Gasteiger partial charge in [-0.15, -0.1) is 0 Å². The molecule has 1 fully saturated rings. The topological polar surface area (TPSA) is 32.3 Å². The standard InChI is InChI=1S/C10H17BrN2O/c1-8(11)7-12-10-3-5-13(6-4-10)9(2)14/h10,12H,1,3-7H2,2H3. The molecule has 1 amide bonds. The number of hydrogen-bond donors (Lipinski definition) is 1. The molecule has 0 radical (unpaired) electrons. The second-order valence-corrected chi connectivity index (χ2v) is 4.80. The van der Waals surface area contributed by atoms with E-state index in [4.69, 9.17) is 0 Å². The summed E-state index contributed by atoms with van der Waals surface area (Å²) in [6.45, 7) is 7.97. The molecule has 0 aliphatic carbocycles. The van der Waals surface area contributed by atoms with E-state index in [2.05, 4.69) is 27.8 Å². The van der Waals surface area contributed by atoms with E-state index in [0.29, 0.717) is 6.04 Å². The highest BCUT2D eigenvalue weighted by molar-refractivity contribution is 9.11. The van der Waals surface area contributed by atoms with E-state index in [1.54, 1.807) is 6.92 Å². The van der Waals surface area contributed by atoms with Crippen LogP contribution < -0.4 is 5.32 Å². The molecule has 0 aromatic heterocycles. The molecule has 0 saturated carbocycles. The van der Waals surface area contributed by atoms with E-state index in [1.165, 1.54) is 0 Å². The highest BCUT2D eigenvalue weighted by Crippen LogP contribution is 2.11. The second kappa shape index (κ2) is 5.51. The Balaban J connectivity index is 2.22. The first-order valence-electron chi connectivity index (χ1n) is 4.92. The van der Waals surface area contributed by atoms with Gasteiger partial charge in [-0.2, -0.15) is 0 Å². The van der Waals surface area contributed by atoms with Gasteiger partial charge in [0.15, 0.2) is 0 Å². The van der Waals surface area contributed by atoms with Gasteiger partial charge in [0, 0.05) is 37.1 Å². The lowest BCUT2D eigenvalue weighted by atomic mass is 10.1. The number of rotatable bonds is 3. The smallest absolute Gasteiger partial charge is 0.219 e. The SMILES string of the molecule is C=C(Br)CNC1CCN(C(C)=O)CC1. The fourth-order valence-corrected chi connectivity index (χ4v) is 1.82. The van der Waals surface area contributed by atoms with Crippen molar-refractivity contribution in [3.63, 3.8) is 0 Å². The number of amides is 1. The first kappa shape index (κ1) is 11.7. The summed E-state index contributed by atoms with van der Waals surface area (Å²) in [5, 5.41) is 3.40. The average Bonchev–Trinajstić information content (AvgIpc) is 2.15. The monoisotopic (exact) mass is 260 g/mol. The number of likely N-dealkylation sites (tertiary alicyclic amines) is 1. The van der Waals surface area contributed by atoms with Gasteiger partial charge in [0.2, 0.25) is 5.91 Å². The molecule has 14 heavy (non-hydrogen) atoms. The summed E-state index contributed by atoms with van der Waals surface area (Å²) < 4.78 is 0.978. The van der Waals surface area contributed by atoms with Crippen LogP contribution in [-0.4, -0.2) is 36.5 Å². The molecule has 0 spiro atoms. The van der Waals surface area contributed by atoms with Gasteiger partial charge < -0.3 is 10.2 Å². The molecule has 1 heterocycles. The number of carbonyl (C=O) groups is 1. The predicted molar refractivity (Wildman–Crippen MR) is 61.3 cm³/mol. The van der Waals surface area contributed by atoms with Crippen molar-refractivity contribution in [2.45, 2.75) is 25.8 Å². The molecular weight excluding hydrogens is 244 g/mol. The van der Waals surface area contributed by atoms with Crippen molar-refractivity contribution < 1.29 is 4.79 Å². The maximum atomic E-state index is 11.1. The van der Waals surface area contributed by atoms with Crippen LogP contribution in [0.2, 0.25) is 0 Å². The zero-order chi connectivity index (χ0) is 10.6. The Kier molecular flexibility index (Phi) is 4.62. The van der Waals surface area contributed by atoms with E-state index in [-0.39, 0.29) is 5.91 Å². The minimum absolute atomic E-state index is 0.188. The summed E-state index contributed by atoms with van der Waals surface area (Å²) in [4.78, 5) is 13.0. The van der Waals surface area contributed by atoms with Crippen LogP contribution >= 0.6 is 15.9 Å². The van der Waals surface area contributed by atoms with Gasteiger partial charge in [0.1, 0.15) is 0 Å².